The SMILES string of the molecule is C=C(C)CSc1nnc(SCC(=O)Nc2ccc(NC(C)=O)cc2)s1. The molecule has 1 heterocycles. The van der Waals surface area contributed by atoms with E-state index in [1.54, 1.807) is 36.0 Å². The van der Waals surface area contributed by atoms with Crippen molar-refractivity contribution in [3.63, 3.8) is 0 Å². The average molecular weight is 395 g/mol. The van der Waals surface area contributed by atoms with Gasteiger partial charge < -0.3 is 10.6 Å². The van der Waals surface area contributed by atoms with Crippen LogP contribution < -0.4 is 10.6 Å². The molecule has 0 spiro atoms. The highest BCUT2D eigenvalue weighted by Gasteiger charge is 2.09. The van der Waals surface area contributed by atoms with Gasteiger partial charge in [-0.1, -0.05) is 47.0 Å². The number of rotatable bonds is 8. The molecular formula is C16H18N4O2S3. The zero-order valence-electron chi connectivity index (χ0n) is 13.9. The summed E-state index contributed by atoms with van der Waals surface area (Å²) in [6.07, 6.45) is 0. The standard InChI is InChI=1S/C16H18N4O2S3/c1-10(2)8-23-15-19-20-16(25-15)24-9-14(22)18-13-6-4-12(5-7-13)17-11(3)21/h4-7H,1,8-9H2,2-3H3,(H,17,21)(H,18,22). The predicted octanol–water partition coefficient (Wildman–Crippen LogP) is 3.90. The number of nitrogens with one attached hydrogen (secondary N) is 2. The van der Waals surface area contributed by atoms with Crippen LogP contribution in [0, 0.1) is 0 Å². The maximum atomic E-state index is 12.0. The van der Waals surface area contributed by atoms with E-state index in [1.165, 1.54) is 30.0 Å². The molecule has 1 aromatic carbocycles. The Kier molecular flexibility index (Phi) is 7.48. The molecule has 6 nitrogen and oxygen atoms in total. The van der Waals surface area contributed by atoms with Crippen LogP contribution in [-0.4, -0.2) is 33.5 Å². The van der Waals surface area contributed by atoms with E-state index in [0.717, 1.165) is 20.0 Å². The Hall–Kier alpha value is -1.84. The molecule has 9 heteroatoms. The fraction of sp³-hybridized carbons (Fsp3) is 0.250. The van der Waals surface area contributed by atoms with Gasteiger partial charge in [-0.05, 0) is 31.2 Å². The van der Waals surface area contributed by atoms with Crippen LogP contribution in [0.5, 0.6) is 0 Å². The minimum Gasteiger partial charge on any atom is -0.326 e. The zero-order valence-corrected chi connectivity index (χ0v) is 16.3. The number of benzene rings is 1. The molecule has 1 aromatic heterocycles. The van der Waals surface area contributed by atoms with Crippen molar-refractivity contribution in [2.75, 3.05) is 22.1 Å². The summed E-state index contributed by atoms with van der Waals surface area (Å²) in [5.41, 5.74) is 2.45. The first-order valence-electron chi connectivity index (χ1n) is 7.33. The topological polar surface area (TPSA) is 84.0 Å². The van der Waals surface area contributed by atoms with Crippen LogP contribution in [0.2, 0.25) is 0 Å². The number of carbonyl (C=O) groups is 2. The third-order valence-corrected chi connectivity index (χ3v) is 6.07. The average Bonchev–Trinajstić information content (AvgIpc) is 3.00. The Labute approximate surface area is 158 Å². The summed E-state index contributed by atoms with van der Waals surface area (Å²) in [6, 6.07) is 6.95. The molecule has 0 aliphatic carbocycles. The van der Waals surface area contributed by atoms with Crippen LogP contribution in [0.1, 0.15) is 13.8 Å². The van der Waals surface area contributed by atoms with Crippen molar-refractivity contribution >= 4 is 58.0 Å². The molecule has 0 unspecified atom stereocenters. The number of aromatic nitrogens is 2. The number of nitrogens with zero attached hydrogens (tertiary/aromatic N) is 2. The van der Waals surface area contributed by atoms with Gasteiger partial charge in [0, 0.05) is 24.1 Å². The normalized spacial score (nSPS) is 10.3. The number of hydrogen-bond donors (Lipinski definition) is 2. The van der Waals surface area contributed by atoms with Gasteiger partial charge in [-0.2, -0.15) is 0 Å². The summed E-state index contributed by atoms with van der Waals surface area (Å²) in [5, 5.41) is 13.6. The molecule has 0 fully saturated rings. The van der Waals surface area contributed by atoms with Gasteiger partial charge in [0.15, 0.2) is 8.68 Å². The molecule has 0 bridgehead atoms. The summed E-state index contributed by atoms with van der Waals surface area (Å²) >= 11 is 4.42. The quantitative estimate of drug-likeness (QED) is 0.522. The van der Waals surface area contributed by atoms with Gasteiger partial charge in [0.1, 0.15) is 0 Å². The molecule has 2 aromatic rings. The third-order valence-electron chi connectivity index (χ3n) is 2.65. The number of thioether (sulfide) groups is 2. The van der Waals surface area contributed by atoms with Crippen LogP contribution in [0.15, 0.2) is 45.1 Å². The lowest BCUT2D eigenvalue weighted by atomic mass is 10.3. The van der Waals surface area contributed by atoms with Crippen LogP contribution in [0.3, 0.4) is 0 Å². The number of amides is 2. The van der Waals surface area contributed by atoms with Crippen LogP contribution in [0.4, 0.5) is 11.4 Å². The van der Waals surface area contributed by atoms with E-state index in [-0.39, 0.29) is 17.6 Å². The Morgan fingerprint density at radius 3 is 2.04 bits per heavy atom. The van der Waals surface area contributed by atoms with Gasteiger partial charge in [-0.15, -0.1) is 10.2 Å². The second kappa shape index (κ2) is 9.59. The Morgan fingerprint density at radius 2 is 1.52 bits per heavy atom. The van der Waals surface area contributed by atoms with Crippen molar-refractivity contribution in [3.05, 3.63) is 36.4 Å². The monoisotopic (exact) mass is 394 g/mol. The van der Waals surface area contributed by atoms with Crippen LogP contribution in [0.25, 0.3) is 0 Å². The van der Waals surface area contributed by atoms with Crippen molar-refractivity contribution in [1.29, 1.82) is 0 Å². The molecule has 132 valence electrons. The van der Waals surface area contributed by atoms with E-state index in [2.05, 4.69) is 27.4 Å². The molecule has 0 aliphatic rings. The first-order valence-corrected chi connectivity index (χ1v) is 10.1. The predicted molar refractivity (Wildman–Crippen MR) is 106 cm³/mol. The molecule has 0 atom stereocenters. The van der Waals surface area contributed by atoms with E-state index in [0.29, 0.717) is 11.4 Å². The Balaban J connectivity index is 1.78. The van der Waals surface area contributed by atoms with E-state index in [9.17, 15) is 9.59 Å². The summed E-state index contributed by atoms with van der Waals surface area (Å²) in [4.78, 5) is 23.0. The van der Waals surface area contributed by atoms with Gasteiger partial charge in [0.2, 0.25) is 11.8 Å². The fourth-order valence-electron chi connectivity index (χ4n) is 1.66. The Morgan fingerprint density at radius 1 is 1.00 bits per heavy atom. The largest absolute Gasteiger partial charge is 0.326 e. The fourth-order valence-corrected chi connectivity index (χ4v) is 4.33. The van der Waals surface area contributed by atoms with Gasteiger partial charge in [-0.25, -0.2) is 0 Å². The number of hydrogen-bond acceptors (Lipinski definition) is 7. The van der Waals surface area contributed by atoms with Crippen molar-refractivity contribution < 1.29 is 9.59 Å². The van der Waals surface area contributed by atoms with Crippen molar-refractivity contribution in [2.45, 2.75) is 22.5 Å². The Bertz CT molecular complexity index is 759. The summed E-state index contributed by atoms with van der Waals surface area (Å²) in [7, 11) is 0. The highest BCUT2D eigenvalue weighted by atomic mass is 32.2. The second-order valence-corrected chi connectivity index (χ2v) is 8.60. The summed E-state index contributed by atoms with van der Waals surface area (Å²) < 4.78 is 1.64. The molecule has 2 amide bonds. The second-order valence-electron chi connectivity index (χ2n) is 5.18. The molecule has 0 aliphatic heterocycles. The summed E-state index contributed by atoms with van der Waals surface area (Å²) in [6.45, 7) is 7.27. The minimum absolute atomic E-state index is 0.122. The lowest BCUT2D eigenvalue weighted by Gasteiger charge is -2.06. The molecule has 25 heavy (non-hydrogen) atoms. The van der Waals surface area contributed by atoms with Crippen molar-refractivity contribution in [1.82, 2.24) is 10.2 Å². The first kappa shape index (κ1) is 19.5. The van der Waals surface area contributed by atoms with Crippen molar-refractivity contribution in [2.24, 2.45) is 0 Å². The van der Waals surface area contributed by atoms with Crippen molar-refractivity contribution in [3.8, 4) is 0 Å². The lowest BCUT2D eigenvalue weighted by Crippen LogP contribution is -2.14. The molecule has 2 N–H and O–H groups in total. The molecule has 0 saturated carbocycles. The summed E-state index contributed by atoms with van der Waals surface area (Å²) in [5.74, 6) is 0.816. The van der Waals surface area contributed by atoms with Gasteiger partial charge >= 0.3 is 0 Å². The van der Waals surface area contributed by atoms with E-state index in [4.69, 9.17) is 0 Å². The minimum atomic E-state index is -0.133. The third kappa shape index (κ3) is 7.29. The zero-order chi connectivity index (χ0) is 18.2. The van der Waals surface area contributed by atoms with Gasteiger partial charge in [-0.3, -0.25) is 9.59 Å². The molecule has 2 rings (SSSR count). The highest BCUT2D eigenvalue weighted by Crippen LogP contribution is 2.29. The highest BCUT2D eigenvalue weighted by molar-refractivity contribution is 8.03. The smallest absolute Gasteiger partial charge is 0.234 e. The maximum absolute atomic E-state index is 12.0. The first-order chi connectivity index (χ1) is 11.9. The lowest BCUT2D eigenvalue weighted by molar-refractivity contribution is -0.114. The number of carbonyl (C=O) groups excluding carboxylic acids is 2. The van der Waals surface area contributed by atoms with E-state index >= 15 is 0 Å². The molecular weight excluding hydrogens is 376 g/mol. The van der Waals surface area contributed by atoms with Crippen LogP contribution >= 0.6 is 34.9 Å². The van der Waals surface area contributed by atoms with Gasteiger partial charge in [0.25, 0.3) is 0 Å². The molecule has 0 saturated heterocycles. The van der Waals surface area contributed by atoms with E-state index in [1.807, 2.05) is 6.92 Å². The van der Waals surface area contributed by atoms with Gasteiger partial charge in [0.05, 0.1) is 5.75 Å². The molecule has 0 radical (unpaired) electrons. The maximum Gasteiger partial charge on any atom is 0.234 e. The number of anilines is 2. The van der Waals surface area contributed by atoms with Crippen LogP contribution in [-0.2, 0) is 9.59 Å². The van der Waals surface area contributed by atoms with E-state index < -0.39 is 0 Å².